The van der Waals surface area contributed by atoms with Gasteiger partial charge in [0.1, 0.15) is 5.58 Å². The maximum atomic E-state index is 13.6. The molecule has 0 bridgehead atoms. The van der Waals surface area contributed by atoms with E-state index >= 15 is 0 Å². The van der Waals surface area contributed by atoms with Crippen LogP contribution in [0.1, 0.15) is 33.3 Å². The van der Waals surface area contributed by atoms with Crippen LogP contribution in [-0.4, -0.2) is 31.6 Å². The lowest BCUT2D eigenvalue weighted by Gasteiger charge is -2.25. The Bertz CT molecular complexity index is 1450. The second kappa shape index (κ2) is 8.88. The van der Waals surface area contributed by atoms with Gasteiger partial charge in [-0.25, -0.2) is 0 Å². The molecule has 0 fully saturated rings. The third-order valence-electron chi connectivity index (χ3n) is 6.14. The summed E-state index contributed by atoms with van der Waals surface area (Å²) in [6, 6.07) is 19.5. The molecule has 5 rings (SSSR count). The SMILES string of the molecule is COc1ccc([C@@H]2c3c(oc4ccc(Cl)cc4c3=O)C(=O)N2CCc2ccccc2)cc1OC. The van der Waals surface area contributed by atoms with Crippen molar-refractivity contribution in [3.8, 4) is 11.5 Å². The van der Waals surface area contributed by atoms with E-state index in [0.29, 0.717) is 46.0 Å². The van der Waals surface area contributed by atoms with Crippen LogP contribution in [0.25, 0.3) is 11.0 Å². The van der Waals surface area contributed by atoms with Crippen LogP contribution in [0.5, 0.6) is 11.5 Å². The molecule has 1 aliphatic rings. The number of carbonyl (C=O) groups excluding carboxylic acids is 1. The van der Waals surface area contributed by atoms with E-state index in [1.165, 1.54) is 0 Å². The van der Waals surface area contributed by atoms with Gasteiger partial charge in [-0.3, -0.25) is 9.59 Å². The molecule has 0 radical (unpaired) electrons. The van der Waals surface area contributed by atoms with E-state index in [1.807, 2.05) is 36.4 Å². The Morgan fingerprint density at radius 1 is 0.941 bits per heavy atom. The number of ether oxygens (including phenoxy) is 2. The summed E-state index contributed by atoms with van der Waals surface area (Å²) in [6.07, 6.45) is 0.629. The second-order valence-corrected chi connectivity index (χ2v) is 8.50. The first-order chi connectivity index (χ1) is 16.5. The van der Waals surface area contributed by atoms with Gasteiger partial charge in [0.15, 0.2) is 16.9 Å². The van der Waals surface area contributed by atoms with Gasteiger partial charge in [0.2, 0.25) is 5.76 Å². The lowest BCUT2D eigenvalue weighted by atomic mass is 9.97. The summed E-state index contributed by atoms with van der Waals surface area (Å²) in [5.74, 6) is 0.813. The van der Waals surface area contributed by atoms with Crippen molar-refractivity contribution in [1.29, 1.82) is 0 Å². The second-order valence-electron chi connectivity index (χ2n) is 8.07. The van der Waals surface area contributed by atoms with Gasteiger partial charge in [0, 0.05) is 11.6 Å². The van der Waals surface area contributed by atoms with Crippen LogP contribution in [0.4, 0.5) is 0 Å². The van der Waals surface area contributed by atoms with Crippen molar-refractivity contribution in [2.45, 2.75) is 12.5 Å². The summed E-state index contributed by atoms with van der Waals surface area (Å²) in [5, 5.41) is 0.766. The largest absolute Gasteiger partial charge is 0.493 e. The number of halogens is 1. The molecule has 34 heavy (non-hydrogen) atoms. The van der Waals surface area contributed by atoms with Crippen molar-refractivity contribution in [2.75, 3.05) is 20.8 Å². The summed E-state index contributed by atoms with van der Waals surface area (Å²) in [4.78, 5) is 28.9. The quantitative estimate of drug-likeness (QED) is 0.381. The zero-order valence-corrected chi connectivity index (χ0v) is 19.5. The molecule has 6 nitrogen and oxygen atoms in total. The first kappa shape index (κ1) is 22.0. The Kier molecular flexibility index (Phi) is 5.75. The molecule has 0 N–H and O–H groups in total. The Hall–Kier alpha value is -3.77. The van der Waals surface area contributed by atoms with Crippen LogP contribution in [0.15, 0.2) is 75.9 Å². The van der Waals surface area contributed by atoms with Crippen molar-refractivity contribution in [3.63, 3.8) is 0 Å². The molecule has 2 heterocycles. The standard InChI is InChI=1S/C27H22ClNO5/c1-32-21-10-8-17(14-22(21)33-2)24-23-25(30)19-15-18(28)9-11-20(19)34-26(23)27(31)29(24)13-12-16-6-4-3-5-7-16/h3-11,14-15,24H,12-13H2,1-2H3/t24-/m1/s1. The lowest BCUT2D eigenvalue weighted by Crippen LogP contribution is -2.31. The van der Waals surface area contributed by atoms with Gasteiger partial charge >= 0.3 is 0 Å². The number of amides is 1. The summed E-state index contributed by atoms with van der Waals surface area (Å²) < 4.78 is 16.8. The number of rotatable bonds is 6. The summed E-state index contributed by atoms with van der Waals surface area (Å²) in [5.41, 5.74) is 2.19. The van der Waals surface area contributed by atoms with Gasteiger partial charge in [0.25, 0.3) is 5.91 Å². The molecule has 3 aromatic carbocycles. The molecule has 0 spiro atoms. The minimum Gasteiger partial charge on any atom is -0.493 e. The van der Waals surface area contributed by atoms with Crippen LogP contribution in [0.3, 0.4) is 0 Å². The van der Waals surface area contributed by atoms with Crippen molar-refractivity contribution in [2.24, 2.45) is 0 Å². The predicted molar refractivity (Wildman–Crippen MR) is 130 cm³/mol. The molecular formula is C27H22ClNO5. The fourth-order valence-electron chi connectivity index (χ4n) is 4.49. The minimum absolute atomic E-state index is 0.0627. The number of hydrogen-bond acceptors (Lipinski definition) is 5. The Morgan fingerprint density at radius 2 is 1.71 bits per heavy atom. The van der Waals surface area contributed by atoms with Gasteiger partial charge in [-0.05, 0) is 47.9 Å². The van der Waals surface area contributed by atoms with Crippen LogP contribution < -0.4 is 14.9 Å². The predicted octanol–water partition coefficient (Wildman–Crippen LogP) is 5.25. The number of fused-ring (bicyclic) bond motifs is 2. The number of hydrogen-bond donors (Lipinski definition) is 0. The van der Waals surface area contributed by atoms with Crippen LogP contribution in [-0.2, 0) is 6.42 Å². The van der Waals surface area contributed by atoms with Crippen LogP contribution in [0.2, 0.25) is 5.02 Å². The van der Waals surface area contributed by atoms with E-state index in [4.69, 9.17) is 25.5 Å². The molecule has 0 saturated carbocycles. The van der Waals surface area contributed by atoms with Gasteiger partial charge in [-0.1, -0.05) is 48.0 Å². The number of nitrogens with zero attached hydrogens (tertiary/aromatic N) is 1. The minimum atomic E-state index is -0.634. The molecule has 1 aromatic heterocycles. The zero-order chi connectivity index (χ0) is 23.8. The first-order valence-electron chi connectivity index (χ1n) is 10.8. The number of benzene rings is 3. The Labute approximate surface area is 201 Å². The zero-order valence-electron chi connectivity index (χ0n) is 18.7. The fraction of sp³-hybridized carbons (Fsp3) is 0.185. The summed E-state index contributed by atoms with van der Waals surface area (Å²) in [7, 11) is 3.11. The van der Waals surface area contributed by atoms with Crippen molar-refractivity contribution in [3.05, 3.63) is 104 Å². The number of methoxy groups -OCH3 is 2. The summed E-state index contributed by atoms with van der Waals surface area (Å²) in [6.45, 7) is 0.405. The molecule has 1 amide bonds. The van der Waals surface area contributed by atoms with Gasteiger partial charge < -0.3 is 18.8 Å². The van der Waals surface area contributed by atoms with Gasteiger partial charge in [-0.2, -0.15) is 0 Å². The van der Waals surface area contributed by atoms with Crippen molar-refractivity contribution in [1.82, 2.24) is 4.90 Å². The third-order valence-corrected chi connectivity index (χ3v) is 6.37. The van der Waals surface area contributed by atoms with E-state index in [0.717, 1.165) is 11.1 Å². The fourth-order valence-corrected chi connectivity index (χ4v) is 4.66. The highest BCUT2D eigenvalue weighted by molar-refractivity contribution is 6.31. The highest BCUT2D eigenvalue weighted by Crippen LogP contribution is 2.41. The molecule has 7 heteroatoms. The monoisotopic (exact) mass is 475 g/mol. The lowest BCUT2D eigenvalue weighted by molar-refractivity contribution is 0.0730. The van der Waals surface area contributed by atoms with E-state index in [1.54, 1.807) is 49.5 Å². The topological polar surface area (TPSA) is 69.0 Å². The Balaban J connectivity index is 1.67. The summed E-state index contributed by atoms with van der Waals surface area (Å²) >= 11 is 6.15. The molecule has 4 aromatic rings. The molecule has 1 aliphatic heterocycles. The molecule has 172 valence electrons. The molecule has 0 aliphatic carbocycles. The maximum Gasteiger partial charge on any atom is 0.290 e. The highest BCUT2D eigenvalue weighted by atomic mass is 35.5. The molecule has 0 unspecified atom stereocenters. The van der Waals surface area contributed by atoms with E-state index in [9.17, 15) is 9.59 Å². The van der Waals surface area contributed by atoms with Crippen LogP contribution in [0, 0.1) is 0 Å². The average Bonchev–Trinajstić information content (AvgIpc) is 3.15. The van der Waals surface area contributed by atoms with E-state index < -0.39 is 6.04 Å². The van der Waals surface area contributed by atoms with Gasteiger partial charge in [-0.15, -0.1) is 0 Å². The first-order valence-corrected chi connectivity index (χ1v) is 11.2. The molecular weight excluding hydrogens is 454 g/mol. The Morgan fingerprint density at radius 3 is 2.44 bits per heavy atom. The molecule has 1 atom stereocenters. The van der Waals surface area contributed by atoms with Crippen molar-refractivity contribution < 1.29 is 18.7 Å². The maximum absolute atomic E-state index is 13.6. The van der Waals surface area contributed by atoms with Gasteiger partial charge in [0.05, 0.1) is 31.2 Å². The average molecular weight is 476 g/mol. The number of carbonyl (C=O) groups is 1. The van der Waals surface area contributed by atoms with E-state index in [2.05, 4.69) is 0 Å². The normalized spacial score (nSPS) is 15.0. The van der Waals surface area contributed by atoms with Crippen molar-refractivity contribution >= 4 is 28.5 Å². The smallest absolute Gasteiger partial charge is 0.290 e. The van der Waals surface area contributed by atoms with Crippen LogP contribution >= 0.6 is 11.6 Å². The third kappa shape index (κ3) is 3.70. The van der Waals surface area contributed by atoms with E-state index in [-0.39, 0.29) is 17.1 Å². The molecule has 0 saturated heterocycles. The highest BCUT2D eigenvalue weighted by Gasteiger charge is 2.42.